The van der Waals surface area contributed by atoms with E-state index < -0.39 is 0 Å². The third-order valence-corrected chi connectivity index (χ3v) is 3.27. The second-order valence-electron chi connectivity index (χ2n) is 4.74. The number of nitrogen functional groups attached to an aromatic ring is 1. The van der Waals surface area contributed by atoms with Crippen molar-refractivity contribution in [1.29, 1.82) is 0 Å². The fourth-order valence-corrected chi connectivity index (χ4v) is 2.39. The summed E-state index contributed by atoms with van der Waals surface area (Å²) in [6.07, 6.45) is 1.20. The minimum absolute atomic E-state index is 0.160. The van der Waals surface area contributed by atoms with Gasteiger partial charge in [-0.25, -0.2) is 0 Å². The van der Waals surface area contributed by atoms with Gasteiger partial charge in [0.1, 0.15) is 5.75 Å². The van der Waals surface area contributed by atoms with E-state index in [4.69, 9.17) is 10.5 Å². The molecule has 1 fully saturated rings. The van der Waals surface area contributed by atoms with Gasteiger partial charge in [0.25, 0.3) is 0 Å². The smallest absolute Gasteiger partial charge is 0.138 e. The normalized spacial score (nSPS) is 20.9. The largest absolute Gasteiger partial charge is 0.506 e. The van der Waals surface area contributed by atoms with Gasteiger partial charge in [-0.05, 0) is 36.6 Å². The summed E-state index contributed by atoms with van der Waals surface area (Å²) < 4.78 is 5.18. The van der Waals surface area contributed by atoms with E-state index in [0.717, 1.165) is 31.8 Å². The van der Waals surface area contributed by atoms with Gasteiger partial charge in [-0.15, -0.1) is 0 Å². The topological polar surface area (TPSA) is 58.7 Å². The van der Waals surface area contributed by atoms with Gasteiger partial charge in [0, 0.05) is 20.2 Å². The molecular weight excluding hydrogens is 216 g/mol. The molecule has 0 aliphatic carbocycles. The average molecular weight is 236 g/mol. The van der Waals surface area contributed by atoms with Crippen molar-refractivity contribution < 1.29 is 9.84 Å². The molecule has 1 unspecified atom stereocenters. The molecule has 1 heterocycles. The van der Waals surface area contributed by atoms with Crippen molar-refractivity contribution in [2.24, 2.45) is 5.92 Å². The maximum atomic E-state index is 9.36. The quantitative estimate of drug-likeness (QED) is 0.613. The number of ether oxygens (including phenoxy) is 1. The van der Waals surface area contributed by atoms with Crippen LogP contribution >= 0.6 is 0 Å². The second kappa shape index (κ2) is 5.38. The standard InChI is InChI=1S/C13H20N2O2/c1-17-9-11-4-5-15(8-11)7-10-2-3-13(16)12(14)6-10/h2-3,6,11,16H,4-5,7-9,14H2,1H3. The van der Waals surface area contributed by atoms with Crippen molar-refractivity contribution in [2.75, 3.05) is 32.5 Å². The summed E-state index contributed by atoms with van der Waals surface area (Å²) in [6.45, 7) is 3.92. The van der Waals surface area contributed by atoms with E-state index >= 15 is 0 Å². The summed E-state index contributed by atoms with van der Waals surface area (Å²) in [5.41, 5.74) is 7.29. The van der Waals surface area contributed by atoms with E-state index in [1.165, 1.54) is 6.42 Å². The molecule has 0 spiro atoms. The molecule has 3 N–H and O–H groups in total. The van der Waals surface area contributed by atoms with Crippen LogP contribution in [-0.4, -0.2) is 36.8 Å². The van der Waals surface area contributed by atoms with Gasteiger partial charge < -0.3 is 15.6 Å². The molecule has 1 atom stereocenters. The van der Waals surface area contributed by atoms with Crippen molar-refractivity contribution >= 4 is 5.69 Å². The molecule has 4 nitrogen and oxygen atoms in total. The van der Waals surface area contributed by atoms with E-state index in [2.05, 4.69) is 4.90 Å². The highest BCUT2D eigenvalue weighted by atomic mass is 16.5. The highest BCUT2D eigenvalue weighted by molar-refractivity contribution is 5.53. The summed E-state index contributed by atoms with van der Waals surface area (Å²) >= 11 is 0. The van der Waals surface area contributed by atoms with Crippen LogP contribution in [0.5, 0.6) is 5.75 Å². The van der Waals surface area contributed by atoms with E-state index in [-0.39, 0.29) is 5.75 Å². The van der Waals surface area contributed by atoms with E-state index in [9.17, 15) is 5.11 Å². The maximum absolute atomic E-state index is 9.36. The van der Waals surface area contributed by atoms with Crippen LogP contribution in [0, 0.1) is 5.92 Å². The Labute approximate surface area is 102 Å². The SMILES string of the molecule is COCC1CCN(Cc2ccc(O)c(N)c2)C1. The Kier molecular flexibility index (Phi) is 3.86. The van der Waals surface area contributed by atoms with Gasteiger partial charge >= 0.3 is 0 Å². The lowest BCUT2D eigenvalue weighted by Gasteiger charge is -2.16. The minimum atomic E-state index is 0.160. The molecule has 2 rings (SSSR count). The monoisotopic (exact) mass is 236 g/mol. The Morgan fingerprint density at radius 3 is 3.06 bits per heavy atom. The Balaban J connectivity index is 1.91. The molecule has 4 heteroatoms. The average Bonchev–Trinajstić information content (AvgIpc) is 2.72. The molecule has 1 aliphatic heterocycles. The molecule has 0 aromatic heterocycles. The maximum Gasteiger partial charge on any atom is 0.138 e. The molecule has 1 aromatic carbocycles. The minimum Gasteiger partial charge on any atom is -0.506 e. The van der Waals surface area contributed by atoms with Crippen LogP contribution in [0.1, 0.15) is 12.0 Å². The molecule has 1 aromatic rings. The first-order chi connectivity index (χ1) is 8.19. The van der Waals surface area contributed by atoms with Crippen molar-refractivity contribution in [3.63, 3.8) is 0 Å². The number of nitrogens with zero attached hydrogens (tertiary/aromatic N) is 1. The Hall–Kier alpha value is -1.26. The summed E-state index contributed by atoms with van der Waals surface area (Å²) in [4.78, 5) is 2.40. The summed E-state index contributed by atoms with van der Waals surface area (Å²) in [7, 11) is 1.75. The number of benzene rings is 1. The zero-order valence-corrected chi connectivity index (χ0v) is 10.2. The zero-order chi connectivity index (χ0) is 12.3. The molecule has 94 valence electrons. The van der Waals surface area contributed by atoms with Crippen molar-refractivity contribution in [1.82, 2.24) is 4.90 Å². The molecule has 1 aliphatic rings. The van der Waals surface area contributed by atoms with E-state index in [0.29, 0.717) is 11.6 Å². The zero-order valence-electron chi connectivity index (χ0n) is 10.2. The van der Waals surface area contributed by atoms with Gasteiger partial charge in [0.05, 0.1) is 12.3 Å². The van der Waals surface area contributed by atoms with Crippen molar-refractivity contribution in [3.8, 4) is 5.75 Å². The van der Waals surface area contributed by atoms with Crippen LogP contribution in [0.3, 0.4) is 0 Å². The number of anilines is 1. The third kappa shape index (κ3) is 3.11. The van der Waals surface area contributed by atoms with Gasteiger partial charge in [-0.2, -0.15) is 0 Å². The van der Waals surface area contributed by atoms with Gasteiger partial charge in [0.2, 0.25) is 0 Å². The van der Waals surface area contributed by atoms with Crippen LogP contribution in [0.2, 0.25) is 0 Å². The van der Waals surface area contributed by atoms with Gasteiger partial charge in [0.15, 0.2) is 0 Å². The predicted octanol–water partition coefficient (Wildman–Crippen LogP) is 1.44. The summed E-state index contributed by atoms with van der Waals surface area (Å²) in [6, 6.07) is 5.43. The number of likely N-dealkylation sites (tertiary alicyclic amines) is 1. The number of phenols is 1. The molecule has 1 saturated heterocycles. The number of hydrogen-bond donors (Lipinski definition) is 2. The number of rotatable bonds is 4. The van der Waals surface area contributed by atoms with Crippen molar-refractivity contribution in [2.45, 2.75) is 13.0 Å². The van der Waals surface area contributed by atoms with Crippen molar-refractivity contribution in [3.05, 3.63) is 23.8 Å². The molecule has 17 heavy (non-hydrogen) atoms. The number of hydrogen-bond acceptors (Lipinski definition) is 4. The van der Waals surface area contributed by atoms with Crippen LogP contribution in [0.4, 0.5) is 5.69 Å². The van der Waals surface area contributed by atoms with Crippen LogP contribution in [0.15, 0.2) is 18.2 Å². The Morgan fingerprint density at radius 1 is 1.53 bits per heavy atom. The highest BCUT2D eigenvalue weighted by Crippen LogP contribution is 2.23. The lowest BCUT2D eigenvalue weighted by molar-refractivity contribution is 0.152. The summed E-state index contributed by atoms with van der Waals surface area (Å²) in [5, 5.41) is 9.36. The van der Waals surface area contributed by atoms with Crippen LogP contribution in [0.25, 0.3) is 0 Å². The van der Waals surface area contributed by atoms with E-state index in [1.807, 2.05) is 12.1 Å². The number of phenolic OH excluding ortho intramolecular Hbond substituents is 1. The fourth-order valence-electron chi connectivity index (χ4n) is 2.39. The first-order valence-electron chi connectivity index (χ1n) is 5.97. The number of nitrogens with two attached hydrogens (primary N) is 1. The first kappa shape index (κ1) is 12.2. The van der Waals surface area contributed by atoms with E-state index in [1.54, 1.807) is 13.2 Å². The lowest BCUT2D eigenvalue weighted by Crippen LogP contribution is -2.21. The number of methoxy groups -OCH3 is 1. The van der Waals surface area contributed by atoms with Crippen LogP contribution < -0.4 is 5.73 Å². The highest BCUT2D eigenvalue weighted by Gasteiger charge is 2.22. The third-order valence-electron chi connectivity index (χ3n) is 3.27. The van der Waals surface area contributed by atoms with Gasteiger partial charge in [-0.1, -0.05) is 6.07 Å². The molecule has 0 radical (unpaired) electrons. The fraction of sp³-hybridized carbons (Fsp3) is 0.538. The predicted molar refractivity (Wildman–Crippen MR) is 67.8 cm³/mol. The molecular formula is C13H20N2O2. The Morgan fingerprint density at radius 2 is 2.35 bits per heavy atom. The number of aromatic hydroxyl groups is 1. The van der Waals surface area contributed by atoms with Crippen LogP contribution in [-0.2, 0) is 11.3 Å². The van der Waals surface area contributed by atoms with Gasteiger partial charge in [-0.3, -0.25) is 4.90 Å². The second-order valence-corrected chi connectivity index (χ2v) is 4.74. The summed E-state index contributed by atoms with van der Waals surface area (Å²) in [5.74, 6) is 0.807. The first-order valence-corrected chi connectivity index (χ1v) is 5.97. The Bertz CT molecular complexity index is 382. The molecule has 0 amide bonds. The molecule has 0 bridgehead atoms. The molecule has 0 saturated carbocycles. The lowest BCUT2D eigenvalue weighted by atomic mass is 10.1.